The molecule has 0 amide bonds. The fourth-order valence-corrected chi connectivity index (χ4v) is 4.96. The lowest BCUT2D eigenvalue weighted by Crippen LogP contribution is -2.36. The van der Waals surface area contributed by atoms with E-state index in [1.165, 1.54) is 4.57 Å². The number of aryl methyl sites for hydroxylation is 1. The number of hydrogen-bond donors (Lipinski definition) is 5. The lowest BCUT2D eigenvalue weighted by Gasteiger charge is -2.16. The molecule has 0 radical (unpaired) electrons. The van der Waals surface area contributed by atoms with Crippen LogP contribution in [0.25, 0.3) is 28.0 Å². The average Bonchev–Trinajstić information content (AvgIpc) is 3.34. The molecule has 2 aromatic heterocycles. The van der Waals surface area contributed by atoms with E-state index in [9.17, 15) is 4.79 Å². The second-order valence-corrected chi connectivity index (χ2v) is 11.1. The molecule has 41 heavy (non-hydrogen) atoms. The van der Waals surface area contributed by atoms with Gasteiger partial charge in [-0.1, -0.05) is 44.0 Å². The Morgan fingerprint density at radius 3 is 2.59 bits per heavy atom. The Balaban J connectivity index is 1.52. The largest absolute Gasteiger partial charge is 0.370 e. The number of hydrogen-bond acceptors (Lipinski definition) is 5. The quantitative estimate of drug-likeness (QED) is 0.118. The molecule has 0 aliphatic rings. The van der Waals surface area contributed by atoms with Gasteiger partial charge in [-0.25, -0.2) is 9.18 Å². The van der Waals surface area contributed by atoms with Crippen molar-refractivity contribution >= 4 is 28.6 Å². The fraction of sp³-hybridized carbons (Fsp3) is 0.367. The van der Waals surface area contributed by atoms with Gasteiger partial charge in [0.2, 0.25) is 0 Å². The predicted molar refractivity (Wildman–Crippen MR) is 165 cm³/mol. The smallest absolute Gasteiger partial charge is 0.354 e. The van der Waals surface area contributed by atoms with E-state index in [0.29, 0.717) is 60.0 Å². The molecule has 4 rings (SSSR count). The number of benzene rings is 2. The first-order chi connectivity index (χ1) is 19.6. The van der Waals surface area contributed by atoms with Crippen molar-refractivity contribution < 1.29 is 4.39 Å². The highest BCUT2D eigenvalue weighted by Crippen LogP contribution is 2.31. The third-order valence-corrected chi connectivity index (χ3v) is 7.27. The van der Waals surface area contributed by atoms with Gasteiger partial charge in [-0.15, -0.1) is 0 Å². The number of rotatable bonds is 13. The third kappa shape index (κ3) is 7.93. The molecule has 0 aliphatic heterocycles. The van der Waals surface area contributed by atoms with Crippen LogP contribution in [0.3, 0.4) is 0 Å². The molecule has 0 spiro atoms. The molecule has 9 nitrogen and oxygen atoms in total. The summed E-state index contributed by atoms with van der Waals surface area (Å²) in [5.41, 5.74) is 20.1. The maximum Gasteiger partial charge on any atom is 0.354 e. The van der Waals surface area contributed by atoms with Crippen LogP contribution in [0.2, 0.25) is 5.02 Å². The number of nitrogens with two attached hydrogens (primary N) is 3. The van der Waals surface area contributed by atoms with Crippen molar-refractivity contribution in [2.24, 2.45) is 28.1 Å². The summed E-state index contributed by atoms with van der Waals surface area (Å²) in [6.07, 6.45) is 5.31. The zero-order valence-corrected chi connectivity index (χ0v) is 24.2. The number of aliphatic imine (C=N–C) groups is 1. The highest BCUT2D eigenvalue weighted by Gasteiger charge is 2.16. The lowest BCUT2D eigenvalue weighted by atomic mass is 10.00. The van der Waals surface area contributed by atoms with Crippen molar-refractivity contribution in [3.63, 3.8) is 0 Å². The van der Waals surface area contributed by atoms with Gasteiger partial charge in [-0.05, 0) is 66.6 Å². The number of aromatic nitrogens is 3. The minimum atomic E-state index is -0.502. The van der Waals surface area contributed by atoms with Gasteiger partial charge in [0.05, 0.1) is 16.4 Å². The molecule has 4 aromatic rings. The van der Waals surface area contributed by atoms with Crippen LogP contribution < -0.4 is 28.2 Å². The highest BCUT2D eigenvalue weighted by molar-refractivity contribution is 6.31. The van der Waals surface area contributed by atoms with E-state index in [4.69, 9.17) is 28.8 Å². The first-order valence-corrected chi connectivity index (χ1v) is 14.2. The number of nitrogens with one attached hydrogen (secondary N) is 2. The summed E-state index contributed by atoms with van der Waals surface area (Å²) >= 11 is 6.25. The van der Waals surface area contributed by atoms with E-state index < -0.39 is 11.5 Å². The van der Waals surface area contributed by atoms with Crippen molar-refractivity contribution in [2.75, 3.05) is 13.1 Å². The normalized spacial score (nSPS) is 12.2. The van der Waals surface area contributed by atoms with Crippen molar-refractivity contribution in [3.05, 3.63) is 81.1 Å². The van der Waals surface area contributed by atoms with E-state index in [-0.39, 0.29) is 17.0 Å². The van der Waals surface area contributed by atoms with Gasteiger partial charge in [0.15, 0.2) is 11.8 Å². The van der Waals surface area contributed by atoms with Gasteiger partial charge in [-0.2, -0.15) is 4.98 Å². The maximum absolute atomic E-state index is 15.1. The number of H-pyrrole nitrogens is 1. The molecule has 2 aromatic carbocycles. The Morgan fingerprint density at radius 2 is 1.90 bits per heavy atom. The van der Waals surface area contributed by atoms with Crippen molar-refractivity contribution in [3.8, 4) is 16.9 Å². The molecule has 0 saturated heterocycles. The molecule has 0 unspecified atom stereocenters. The molecule has 218 valence electrons. The summed E-state index contributed by atoms with van der Waals surface area (Å²) in [5.74, 6) is 0.161. The number of nitrogens with zero attached hydrogens (tertiary/aromatic N) is 3. The molecule has 0 saturated carbocycles. The van der Waals surface area contributed by atoms with E-state index in [2.05, 4.69) is 34.1 Å². The zero-order chi connectivity index (χ0) is 29.5. The van der Waals surface area contributed by atoms with Crippen molar-refractivity contribution in [1.29, 1.82) is 0 Å². The standard InChI is InChI=1S/C30H38ClFN8O/c1-18(2)4-3-5-20-12-24(27(32)25(31)13-20)26-14-21-17-40(30(41)39-28(21)38-26)23-8-6-19(7-9-23)16-37-22(15-33)10-11-36-29(34)35/h6-9,12-14,17-18,22,37H,3-5,10-11,15-16,33H2,1-2H3,(H4,34,35,36)(H,38,39,41)/t22-/m1/s1. The van der Waals surface area contributed by atoms with Gasteiger partial charge in [0, 0.05) is 42.8 Å². The molecule has 0 aliphatic carbocycles. The highest BCUT2D eigenvalue weighted by atomic mass is 35.5. The Hall–Kier alpha value is -3.73. The Labute approximate surface area is 244 Å². The van der Waals surface area contributed by atoms with Crippen LogP contribution in [-0.2, 0) is 13.0 Å². The molecular formula is C30H38ClFN8O. The summed E-state index contributed by atoms with van der Waals surface area (Å²) < 4.78 is 16.5. The van der Waals surface area contributed by atoms with Crippen LogP contribution >= 0.6 is 11.6 Å². The molecule has 1 atom stereocenters. The summed E-state index contributed by atoms with van der Waals surface area (Å²) in [6, 6.07) is 13.0. The number of halogens is 2. The third-order valence-electron chi connectivity index (χ3n) is 7.00. The molecule has 0 fully saturated rings. The predicted octanol–water partition coefficient (Wildman–Crippen LogP) is 4.23. The van der Waals surface area contributed by atoms with E-state index >= 15 is 4.39 Å². The average molecular weight is 581 g/mol. The van der Waals surface area contributed by atoms with Crippen molar-refractivity contribution in [1.82, 2.24) is 19.9 Å². The van der Waals surface area contributed by atoms with Crippen LogP contribution in [0, 0.1) is 11.7 Å². The van der Waals surface area contributed by atoms with Crippen LogP contribution in [0.1, 0.15) is 44.2 Å². The Bertz CT molecular complexity index is 1560. The zero-order valence-electron chi connectivity index (χ0n) is 23.5. The summed E-state index contributed by atoms with van der Waals surface area (Å²) in [6.45, 7) is 5.92. The van der Waals surface area contributed by atoms with Gasteiger partial charge in [0.1, 0.15) is 5.65 Å². The summed E-state index contributed by atoms with van der Waals surface area (Å²) in [5, 5.41) is 4.16. The topological polar surface area (TPSA) is 153 Å². The monoisotopic (exact) mass is 580 g/mol. The van der Waals surface area contributed by atoms with E-state index in [1.54, 1.807) is 18.3 Å². The van der Waals surface area contributed by atoms with E-state index in [1.807, 2.05) is 30.3 Å². The Morgan fingerprint density at radius 1 is 1.15 bits per heavy atom. The van der Waals surface area contributed by atoms with Gasteiger partial charge in [0.25, 0.3) is 0 Å². The van der Waals surface area contributed by atoms with Crippen molar-refractivity contribution in [2.45, 2.75) is 52.1 Å². The molecule has 11 heteroatoms. The first-order valence-electron chi connectivity index (χ1n) is 13.8. The van der Waals surface area contributed by atoms with Crippen LogP contribution in [0.4, 0.5) is 4.39 Å². The van der Waals surface area contributed by atoms with E-state index in [0.717, 1.165) is 30.4 Å². The lowest BCUT2D eigenvalue weighted by molar-refractivity contribution is 0.493. The van der Waals surface area contributed by atoms with Crippen LogP contribution in [0.15, 0.2) is 58.4 Å². The number of guanidine groups is 1. The minimum Gasteiger partial charge on any atom is -0.370 e. The SMILES string of the molecule is CC(C)CCCc1cc(Cl)c(F)c(-c2cc3cn(-c4ccc(CN[C@@H](CN)CCN=C(N)N)cc4)c(=O)nc3[nH]2)c1. The number of fused-ring (bicyclic) bond motifs is 1. The summed E-state index contributed by atoms with van der Waals surface area (Å²) in [7, 11) is 0. The second-order valence-electron chi connectivity index (χ2n) is 10.7. The van der Waals surface area contributed by atoms with Crippen LogP contribution in [-0.4, -0.2) is 39.6 Å². The number of aromatic amines is 1. The summed E-state index contributed by atoms with van der Waals surface area (Å²) in [4.78, 5) is 24.2. The van der Waals surface area contributed by atoms with Crippen LogP contribution in [0.5, 0.6) is 0 Å². The minimum absolute atomic E-state index is 0.0634. The molecule has 2 heterocycles. The molecule has 8 N–H and O–H groups in total. The first kappa shape index (κ1) is 30.2. The van der Waals surface area contributed by atoms with Gasteiger partial charge >= 0.3 is 5.69 Å². The molecular weight excluding hydrogens is 543 g/mol. The Kier molecular flexibility index (Phi) is 10.1. The maximum atomic E-state index is 15.1. The fourth-order valence-electron chi connectivity index (χ4n) is 4.71. The molecule has 0 bridgehead atoms. The second kappa shape index (κ2) is 13.8. The van der Waals surface area contributed by atoms with Gasteiger partial charge in [-0.3, -0.25) is 9.56 Å². The van der Waals surface area contributed by atoms with Gasteiger partial charge < -0.3 is 27.5 Å².